The van der Waals surface area contributed by atoms with Crippen LogP contribution in [0.3, 0.4) is 0 Å². The number of amides is 1. The molecule has 0 spiro atoms. The highest BCUT2D eigenvalue weighted by atomic mass is 19.4. The number of rotatable bonds is 4. The van der Waals surface area contributed by atoms with Crippen molar-refractivity contribution >= 4 is 5.91 Å². The summed E-state index contributed by atoms with van der Waals surface area (Å²) in [6.07, 6.45) is -4.08. The highest BCUT2D eigenvalue weighted by Crippen LogP contribution is 2.29. The number of aryl methyl sites for hydroxylation is 1. The second-order valence-corrected chi connectivity index (χ2v) is 5.07. The third-order valence-electron chi connectivity index (χ3n) is 3.38. The zero-order valence-electron chi connectivity index (χ0n) is 12.1. The maximum Gasteiger partial charge on any atom is 0.416 e. The second kappa shape index (κ2) is 6.64. The normalized spacial score (nSPS) is 11.3. The molecule has 0 heterocycles. The smallest absolute Gasteiger partial charge is 0.352 e. The third-order valence-corrected chi connectivity index (χ3v) is 3.38. The molecule has 2 aromatic rings. The molecule has 2 rings (SSSR count). The summed E-state index contributed by atoms with van der Waals surface area (Å²) in [6.45, 7) is 2.14. The molecule has 0 saturated heterocycles. The Morgan fingerprint density at radius 3 is 2.27 bits per heavy atom. The lowest BCUT2D eigenvalue weighted by molar-refractivity contribution is -0.137. The van der Waals surface area contributed by atoms with Gasteiger partial charge in [0.05, 0.1) is 12.0 Å². The van der Waals surface area contributed by atoms with E-state index in [2.05, 4.69) is 5.32 Å². The fourth-order valence-corrected chi connectivity index (χ4v) is 2.06. The Morgan fingerprint density at radius 2 is 1.68 bits per heavy atom. The van der Waals surface area contributed by atoms with Crippen molar-refractivity contribution in [2.45, 2.75) is 26.1 Å². The quantitative estimate of drug-likeness (QED) is 0.912. The van der Waals surface area contributed by atoms with E-state index >= 15 is 0 Å². The summed E-state index contributed by atoms with van der Waals surface area (Å²) in [5, 5.41) is 2.71. The van der Waals surface area contributed by atoms with Crippen LogP contribution in [0.4, 0.5) is 13.2 Å². The van der Waals surface area contributed by atoms with E-state index in [9.17, 15) is 18.0 Å². The third kappa shape index (κ3) is 4.35. The van der Waals surface area contributed by atoms with Gasteiger partial charge in [-0.2, -0.15) is 13.2 Å². The fraction of sp³-hybridized carbons (Fsp3) is 0.235. The molecule has 0 atom stereocenters. The molecule has 1 amide bonds. The van der Waals surface area contributed by atoms with Gasteiger partial charge in [0.25, 0.3) is 0 Å². The Hall–Kier alpha value is -2.30. The molecule has 0 aliphatic heterocycles. The van der Waals surface area contributed by atoms with Gasteiger partial charge in [-0.15, -0.1) is 0 Å². The van der Waals surface area contributed by atoms with Crippen LogP contribution in [0.2, 0.25) is 0 Å². The molecule has 2 aromatic carbocycles. The van der Waals surface area contributed by atoms with Gasteiger partial charge in [-0.3, -0.25) is 4.79 Å². The predicted molar refractivity (Wildman–Crippen MR) is 78.2 cm³/mol. The fourth-order valence-electron chi connectivity index (χ4n) is 2.06. The van der Waals surface area contributed by atoms with Gasteiger partial charge in [-0.1, -0.05) is 36.4 Å². The predicted octanol–water partition coefficient (Wildman–Crippen LogP) is 3.87. The maximum atomic E-state index is 12.4. The molecular weight excluding hydrogens is 291 g/mol. The van der Waals surface area contributed by atoms with Crippen molar-refractivity contribution in [1.82, 2.24) is 5.32 Å². The van der Waals surface area contributed by atoms with Crippen molar-refractivity contribution in [2.24, 2.45) is 0 Å². The molecule has 22 heavy (non-hydrogen) atoms. The number of halogens is 3. The van der Waals surface area contributed by atoms with Gasteiger partial charge in [0.2, 0.25) is 5.91 Å². The number of nitrogens with one attached hydrogen (secondary N) is 1. The van der Waals surface area contributed by atoms with Crippen LogP contribution in [0, 0.1) is 6.92 Å². The molecule has 1 N–H and O–H groups in total. The molecule has 0 unspecified atom stereocenters. The van der Waals surface area contributed by atoms with Gasteiger partial charge in [0.1, 0.15) is 0 Å². The lowest BCUT2D eigenvalue weighted by Crippen LogP contribution is -2.24. The minimum Gasteiger partial charge on any atom is -0.352 e. The van der Waals surface area contributed by atoms with Crippen molar-refractivity contribution < 1.29 is 18.0 Å². The first-order valence-corrected chi connectivity index (χ1v) is 6.83. The van der Waals surface area contributed by atoms with Crippen LogP contribution in [0.15, 0.2) is 48.5 Å². The molecule has 0 radical (unpaired) electrons. The molecule has 5 heteroatoms. The zero-order valence-corrected chi connectivity index (χ0v) is 12.1. The first-order chi connectivity index (χ1) is 10.4. The number of benzene rings is 2. The number of hydrogen-bond donors (Lipinski definition) is 1. The molecule has 0 bridgehead atoms. The van der Waals surface area contributed by atoms with Crippen molar-refractivity contribution in [2.75, 3.05) is 0 Å². The Kier molecular flexibility index (Phi) is 4.85. The first-order valence-electron chi connectivity index (χ1n) is 6.83. The van der Waals surface area contributed by atoms with E-state index in [1.54, 1.807) is 0 Å². The van der Waals surface area contributed by atoms with Crippen LogP contribution in [0.1, 0.15) is 22.3 Å². The lowest BCUT2D eigenvalue weighted by atomic mass is 10.1. The Bertz CT molecular complexity index is 648. The summed E-state index contributed by atoms with van der Waals surface area (Å²) < 4.78 is 37.3. The van der Waals surface area contributed by atoms with Gasteiger partial charge >= 0.3 is 6.18 Å². The summed E-state index contributed by atoms with van der Waals surface area (Å²) in [5.74, 6) is -0.158. The molecule has 0 aliphatic carbocycles. The number of alkyl halides is 3. The number of hydrogen-bond acceptors (Lipinski definition) is 1. The van der Waals surface area contributed by atoms with Gasteiger partial charge < -0.3 is 5.32 Å². The van der Waals surface area contributed by atoms with Crippen LogP contribution in [0.5, 0.6) is 0 Å². The summed E-state index contributed by atoms with van der Waals surface area (Å²) >= 11 is 0. The minimum absolute atomic E-state index is 0.158. The van der Waals surface area contributed by atoms with E-state index in [1.807, 2.05) is 31.2 Å². The maximum absolute atomic E-state index is 12.4. The van der Waals surface area contributed by atoms with Crippen LogP contribution in [-0.4, -0.2) is 5.91 Å². The average molecular weight is 307 g/mol. The first kappa shape index (κ1) is 16.1. The standard InChI is InChI=1S/C17H16F3NO/c1-12-4-2-3-5-14(12)10-16(22)21-11-13-6-8-15(9-7-13)17(18,19)20/h2-9H,10-11H2,1H3,(H,21,22). The Balaban J connectivity index is 1.90. The molecule has 2 nitrogen and oxygen atoms in total. The second-order valence-electron chi connectivity index (χ2n) is 5.07. The van der Waals surface area contributed by atoms with E-state index < -0.39 is 11.7 Å². The molecule has 0 aliphatic rings. The van der Waals surface area contributed by atoms with Crippen molar-refractivity contribution in [1.29, 1.82) is 0 Å². The van der Waals surface area contributed by atoms with Crippen LogP contribution in [-0.2, 0) is 23.9 Å². The van der Waals surface area contributed by atoms with Gasteiger partial charge in [0, 0.05) is 6.54 Å². The van der Waals surface area contributed by atoms with Crippen LogP contribution >= 0.6 is 0 Å². The summed E-state index contributed by atoms with van der Waals surface area (Å²) in [5.41, 5.74) is 1.91. The SMILES string of the molecule is Cc1ccccc1CC(=O)NCc1ccc(C(F)(F)F)cc1. The molecule has 0 fully saturated rings. The van der Waals surface area contributed by atoms with E-state index in [0.29, 0.717) is 5.56 Å². The zero-order chi connectivity index (χ0) is 16.2. The molecule has 0 saturated carbocycles. The van der Waals surface area contributed by atoms with E-state index in [1.165, 1.54) is 12.1 Å². The summed E-state index contributed by atoms with van der Waals surface area (Å²) in [6, 6.07) is 12.4. The number of carbonyl (C=O) groups excluding carboxylic acids is 1. The van der Waals surface area contributed by atoms with Crippen molar-refractivity contribution in [3.05, 3.63) is 70.8 Å². The van der Waals surface area contributed by atoms with Crippen LogP contribution in [0.25, 0.3) is 0 Å². The van der Waals surface area contributed by atoms with Gasteiger partial charge in [-0.25, -0.2) is 0 Å². The summed E-state index contributed by atoms with van der Waals surface area (Å²) in [7, 11) is 0. The van der Waals surface area contributed by atoms with Crippen LogP contribution < -0.4 is 5.32 Å². The molecular formula is C17H16F3NO. The van der Waals surface area contributed by atoms with E-state index in [4.69, 9.17) is 0 Å². The van der Waals surface area contributed by atoms with Gasteiger partial charge in [0.15, 0.2) is 0 Å². The molecule has 0 aromatic heterocycles. The average Bonchev–Trinajstić information content (AvgIpc) is 2.47. The largest absolute Gasteiger partial charge is 0.416 e. The van der Waals surface area contributed by atoms with E-state index in [-0.39, 0.29) is 18.9 Å². The Morgan fingerprint density at radius 1 is 1.05 bits per heavy atom. The highest BCUT2D eigenvalue weighted by Gasteiger charge is 2.29. The number of carbonyl (C=O) groups is 1. The highest BCUT2D eigenvalue weighted by molar-refractivity contribution is 5.78. The summed E-state index contributed by atoms with van der Waals surface area (Å²) in [4.78, 5) is 11.9. The van der Waals surface area contributed by atoms with Crippen molar-refractivity contribution in [3.8, 4) is 0 Å². The van der Waals surface area contributed by atoms with Crippen molar-refractivity contribution in [3.63, 3.8) is 0 Å². The monoisotopic (exact) mass is 307 g/mol. The minimum atomic E-state index is -4.34. The van der Waals surface area contributed by atoms with E-state index in [0.717, 1.165) is 23.3 Å². The van der Waals surface area contributed by atoms with Gasteiger partial charge in [-0.05, 0) is 35.7 Å². The Labute approximate surface area is 127 Å². The molecule has 116 valence electrons. The lowest BCUT2D eigenvalue weighted by Gasteiger charge is -2.09. The topological polar surface area (TPSA) is 29.1 Å².